The van der Waals surface area contributed by atoms with Gasteiger partial charge < -0.3 is 5.32 Å². The van der Waals surface area contributed by atoms with Crippen LogP contribution in [0.25, 0.3) is 11.4 Å². The molecule has 2 aromatic rings. The van der Waals surface area contributed by atoms with E-state index < -0.39 is 0 Å². The maximum Gasteiger partial charge on any atom is 0.111 e. The molecule has 1 aliphatic heterocycles. The van der Waals surface area contributed by atoms with Crippen LogP contribution >= 0.6 is 0 Å². The van der Waals surface area contributed by atoms with Crippen molar-refractivity contribution < 1.29 is 0 Å². The lowest BCUT2D eigenvalue weighted by Gasteiger charge is -2.09. The van der Waals surface area contributed by atoms with Gasteiger partial charge in [-0.3, -0.25) is 9.67 Å². The van der Waals surface area contributed by atoms with Crippen molar-refractivity contribution in [1.29, 1.82) is 0 Å². The minimum Gasteiger partial charge on any atom is -0.309 e. The van der Waals surface area contributed by atoms with Crippen molar-refractivity contribution in [3.8, 4) is 11.4 Å². The molecule has 0 aliphatic carbocycles. The van der Waals surface area contributed by atoms with Crippen LogP contribution in [0.2, 0.25) is 0 Å². The molecule has 0 bridgehead atoms. The molecule has 0 spiro atoms. The van der Waals surface area contributed by atoms with Crippen LogP contribution in [-0.2, 0) is 7.05 Å². The third-order valence-corrected chi connectivity index (χ3v) is 3.26. The first-order valence-electron chi connectivity index (χ1n) is 6.03. The number of aromatic nitrogens is 3. The smallest absolute Gasteiger partial charge is 0.111 e. The Morgan fingerprint density at radius 3 is 3.00 bits per heavy atom. The van der Waals surface area contributed by atoms with Gasteiger partial charge in [0.2, 0.25) is 0 Å². The van der Waals surface area contributed by atoms with E-state index in [-0.39, 0.29) is 0 Å². The predicted octanol–water partition coefficient (Wildman–Crippen LogP) is 1.91. The van der Waals surface area contributed by atoms with Crippen LogP contribution in [0.4, 0.5) is 0 Å². The SMILES string of the molecule is Cn1nc(-c2ccccn2)cc1C1CCCN1. The standard InChI is InChI=1S/C13H16N4/c1-17-13(11-6-4-8-15-11)9-12(16-17)10-5-2-3-7-14-10/h2-3,5,7,9,11,15H,4,6,8H2,1H3. The lowest BCUT2D eigenvalue weighted by Crippen LogP contribution is -2.16. The van der Waals surface area contributed by atoms with Crippen molar-refractivity contribution in [2.75, 3.05) is 6.54 Å². The number of hydrogen-bond acceptors (Lipinski definition) is 3. The zero-order chi connectivity index (χ0) is 11.7. The highest BCUT2D eigenvalue weighted by molar-refractivity contribution is 5.54. The second-order valence-electron chi connectivity index (χ2n) is 4.44. The summed E-state index contributed by atoms with van der Waals surface area (Å²) in [4.78, 5) is 4.33. The van der Waals surface area contributed by atoms with Gasteiger partial charge in [-0.15, -0.1) is 0 Å². The van der Waals surface area contributed by atoms with Gasteiger partial charge in [0.1, 0.15) is 5.69 Å². The van der Waals surface area contributed by atoms with E-state index in [1.165, 1.54) is 18.5 Å². The molecule has 0 amide bonds. The Kier molecular flexibility index (Phi) is 2.65. The number of hydrogen-bond donors (Lipinski definition) is 1. The van der Waals surface area contributed by atoms with Crippen LogP contribution in [0.1, 0.15) is 24.6 Å². The van der Waals surface area contributed by atoms with Crippen LogP contribution in [-0.4, -0.2) is 21.3 Å². The van der Waals surface area contributed by atoms with Crippen LogP contribution in [0, 0.1) is 0 Å². The van der Waals surface area contributed by atoms with E-state index in [9.17, 15) is 0 Å². The molecule has 0 radical (unpaired) electrons. The van der Waals surface area contributed by atoms with Gasteiger partial charge in [-0.1, -0.05) is 6.07 Å². The van der Waals surface area contributed by atoms with Gasteiger partial charge in [-0.2, -0.15) is 5.10 Å². The molecule has 3 rings (SSSR count). The third kappa shape index (κ3) is 1.96. The molecular weight excluding hydrogens is 212 g/mol. The molecule has 1 aliphatic rings. The average Bonchev–Trinajstić information content (AvgIpc) is 2.99. The van der Waals surface area contributed by atoms with E-state index in [1.54, 1.807) is 6.20 Å². The summed E-state index contributed by atoms with van der Waals surface area (Å²) in [6, 6.07) is 8.50. The van der Waals surface area contributed by atoms with Crippen molar-refractivity contribution in [2.45, 2.75) is 18.9 Å². The zero-order valence-corrected chi connectivity index (χ0v) is 9.93. The van der Waals surface area contributed by atoms with E-state index in [1.807, 2.05) is 29.9 Å². The fraction of sp³-hybridized carbons (Fsp3) is 0.385. The highest BCUT2D eigenvalue weighted by Crippen LogP contribution is 2.25. The highest BCUT2D eigenvalue weighted by atomic mass is 15.3. The monoisotopic (exact) mass is 228 g/mol. The summed E-state index contributed by atoms with van der Waals surface area (Å²) in [7, 11) is 2.00. The molecule has 1 atom stereocenters. The van der Waals surface area contributed by atoms with E-state index >= 15 is 0 Å². The van der Waals surface area contributed by atoms with Crippen molar-refractivity contribution in [2.24, 2.45) is 7.05 Å². The van der Waals surface area contributed by atoms with E-state index in [2.05, 4.69) is 21.5 Å². The Labute approximate surface area is 101 Å². The van der Waals surface area contributed by atoms with Crippen LogP contribution in [0.5, 0.6) is 0 Å². The first-order valence-corrected chi connectivity index (χ1v) is 6.03. The quantitative estimate of drug-likeness (QED) is 0.853. The van der Waals surface area contributed by atoms with Crippen LogP contribution in [0.15, 0.2) is 30.5 Å². The van der Waals surface area contributed by atoms with Gasteiger partial charge in [0.25, 0.3) is 0 Å². The van der Waals surface area contributed by atoms with Crippen LogP contribution < -0.4 is 5.32 Å². The summed E-state index contributed by atoms with van der Waals surface area (Å²) >= 11 is 0. The summed E-state index contributed by atoms with van der Waals surface area (Å²) in [6.07, 6.45) is 4.24. The first-order chi connectivity index (χ1) is 8.34. The van der Waals surface area contributed by atoms with E-state index in [0.29, 0.717) is 6.04 Å². The number of pyridine rings is 1. The van der Waals surface area contributed by atoms with Gasteiger partial charge in [-0.05, 0) is 37.6 Å². The number of nitrogens with zero attached hydrogens (tertiary/aromatic N) is 3. The minimum atomic E-state index is 0.449. The molecule has 1 fully saturated rings. The topological polar surface area (TPSA) is 42.7 Å². The molecule has 2 aromatic heterocycles. The van der Waals surface area contributed by atoms with Gasteiger partial charge in [0.15, 0.2) is 0 Å². The van der Waals surface area contributed by atoms with Crippen molar-refractivity contribution in [3.05, 3.63) is 36.2 Å². The summed E-state index contributed by atoms with van der Waals surface area (Å²) in [5.41, 5.74) is 3.15. The minimum absolute atomic E-state index is 0.449. The van der Waals surface area contributed by atoms with Gasteiger partial charge in [-0.25, -0.2) is 0 Å². The maximum absolute atomic E-state index is 4.54. The summed E-state index contributed by atoms with van der Waals surface area (Å²) < 4.78 is 1.97. The normalized spacial score (nSPS) is 19.7. The Morgan fingerprint density at radius 2 is 2.29 bits per heavy atom. The van der Waals surface area contributed by atoms with Gasteiger partial charge in [0.05, 0.1) is 11.4 Å². The molecule has 4 nitrogen and oxygen atoms in total. The molecule has 17 heavy (non-hydrogen) atoms. The largest absolute Gasteiger partial charge is 0.309 e. The van der Waals surface area contributed by atoms with Crippen LogP contribution in [0.3, 0.4) is 0 Å². The number of aryl methyl sites for hydroxylation is 1. The lowest BCUT2D eigenvalue weighted by atomic mass is 10.1. The average molecular weight is 228 g/mol. The van der Waals surface area contributed by atoms with E-state index in [0.717, 1.165) is 17.9 Å². The van der Waals surface area contributed by atoms with Crippen molar-refractivity contribution in [3.63, 3.8) is 0 Å². The lowest BCUT2D eigenvalue weighted by molar-refractivity contribution is 0.574. The Balaban J connectivity index is 1.95. The van der Waals surface area contributed by atoms with Gasteiger partial charge >= 0.3 is 0 Å². The summed E-state index contributed by atoms with van der Waals surface area (Å²) in [6.45, 7) is 1.11. The number of rotatable bonds is 2. The predicted molar refractivity (Wildman–Crippen MR) is 66.4 cm³/mol. The molecule has 1 saturated heterocycles. The fourth-order valence-corrected chi connectivity index (χ4v) is 2.38. The second kappa shape index (κ2) is 4.30. The van der Waals surface area contributed by atoms with Crippen molar-refractivity contribution >= 4 is 0 Å². The molecule has 1 N–H and O–H groups in total. The molecule has 0 aromatic carbocycles. The molecule has 88 valence electrons. The molecular formula is C13H16N4. The Morgan fingerprint density at radius 1 is 1.35 bits per heavy atom. The third-order valence-electron chi connectivity index (χ3n) is 3.26. The van der Waals surface area contributed by atoms with Gasteiger partial charge in [0, 0.05) is 19.3 Å². The molecule has 1 unspecified atom stereocenters. The highest BCUT2D eigenvalue weighted by Gasteiger charge is 2.20. The summed E-state index contributed by atoms with van der Waals surface area (Å²) in [5, 5.41) is 8.04. The van der Waals surface area contributed by atoms with Crippen molar-refractivity contribution in [1.82, 2.24) is 20.1 Å². The second-order valence-corrected chi connectivity index (χ2v) is 4.44. The Hall–Kier alpha value is -1.68. The number of nitrogens with one attached hydrogen (secondary N) is 1. The van der Waals surface area contributed by atoms with E-state index in [4.69, 9.17) is 0 Å². The maximum atomic E-state index is 4.54. The molecule has 0 saturated carbocycles. The zero-order valence-electron chi connectivity index (χ0n) is 9.93. The molecule has 3 heterocycles. The molecule has 4 heteroatoms. The summed E-state index contributed by atoms with van der Waals surface area (Å²) in [5.74, 6) is 0. The Bertz CT molecular complexity index is 497. The first kappa shape index (κ1) is 10.5. The fourth-order valence-electron chi connectivity index (χ4n) is 2.38.